The molecular weight excluding hydrogens is 334 g/mol. The minimum Gasteiger partial charge on any atom is -0.478 e. The zero-order valence-corrected chi connectivity index (χ0v) is 13.7. The highest BCUT2D eigenvalue weighted by molar-refractivity contribution is 7.98. The zero-order chi connectivity index (χ0) is 16.6. The third kappa shape index (κ3) is 2.73. The number of aliphatic carboxylic acids is 1. The Balaban J connectivity index is 2.25. The van der Waals surface area contributed by atoms with Crippen LogP contribution in [0.5, 0.6) is 0 Å². The fraction of sp³-hybridized carbons (Fsp3) is 0.0588. The van der Waals surface area contributed by atoms with E-state index in [-0.39, 0.29) is 5.91 Å². The van der Waals surface area contributed by atoms with Crippen molar-refractivity contribution in [2.45, 2.75) is 4.90 Å². The molecule has 0 saturated carbocycles. The van der Waals surface area contributed by atoms with Crippen molar-refractivity contribution in [3.8, 4) is 0 Å². The molecule has 0 spiro atoms. The number of carboxylic acid groups (broad SMARTS) is 1. The third-order valence-electron chi connectivity index (χ3n) is 3.52. The second-order valence-corrected chi connectivity index (χ2v) is 6.15. The van der Waals surface area contributed by atoms with Crippen LogP contribution in [0.3, 0.4) is 0 Å². The summed E-state index contributed by atoms with van der Waals surface area (Å²) < 4.78 is 0. The van der Waals surface area contributed by atoms with E-state index in [2.05, 4.69) is 0 Å². The molecule has 1 amide bonds. The molecule has 0 atom stereocenters. The van der Waals surface area contributed by atoms with Crippen molar-refractivity contribution < 1.29 is 14.7 Å². The summed E-state index contributed by atoms with van der Waals surface area (Å²) in [5.74, 6) is -1.38. The Morgan fingerprint density at radius 3 is 2.65 bits per heavy atom. The van der Waals surface area contributed by atoms with E-state index in [0.29, 0.717) is 27.5 Å². The molecule has 1 N–H and O–H groups in total. The van der Waals surface area contributed by atoms with E-state index >= 15 is 0 Å². The van der Waals surface area contributed by atoms with E-state index in [4.69, 9.17) is 11.6 Å². The van der Waals surface area contributed by atoms with Crippen molar-refractivity contribution >= 4 is 46.6 Å². The maximum Gasteiger partial charge on any atom is 0.330 e. The Morgan fingerprint density at radius 1 is 1.22 bits per heavy atom. The number of para-hydroxylation sites is 1. The number of carbonyl (C=O) groups is 2. The first-order chi connectivity index (χ1) is 11.0. The van der Waals surface area contributed by atoms with Gasteiger partial charge >= 0.3 is 5.97 Å². The molecule has 0 radical (unpaired) electrons. The van der Waals surface area contributed by atoms with E-state index in [0.717, 1.165) is 11.0 Å². The molecule has 0 unspecified atom stereocenters. The molecule has 0 aliphatic carbocycles. The van der Waals surface area contributed by atoms with Crippen LogP contribution >= 0.6 is 23.4 Å². The van der Waals surface area contributed by atoms with Crippen LogP contribution in [-0.4, -0.2) is 23.2 Å². The van der Waals surface area contributed by atoms with E-state index in [1.807, 2.05) is 24.5 Å². The predicted octanol–water partition coefficient (Wildman–Crippen LogP) is 4.15. The van der Waals surface area contributed by atoms with Crippen molar-refractivity contribution in [2.24, 2.45) is 0 Å². The van der Waals surface area contributed by atoms with Crippen LogP contribution in [0.4, 0.5) is 5.69 Å². The summed E-state index contributed by atoms with van der Waals surface area (Å²) in [6, 6.07) is 12.2. The molecule has 1 aliphatic heterocycles. The van der Waals surface area contributed by atoms with Gasteiger partial charge in [0.25, 0.3) is 5.91 Å². The van der Waals surface area contributed by atoms with Crippen LogP contribution in [0.15, 0.2) is 53.4 Å². The average Bonchev–Trinajstić information content (AvgIpc) is 2.78. The number of rotatable bonds is 3. The van der Waals surface area contributed by atoms with Gasteiger partial charge in [0.05, 0.1) is 11.4 Å². The van der Waals surface area contributed by atoms with Crippen molar-refractivity contribution in [3.05, 3.63) is 64.7 Å². The number of hydrogen-bond donors (Lipinski definition) is 1. The quantitative estimate of drug-likeness (QED) is 0.670. The normalized spacial score (nSPS) is 15.1. The Bertz CT molecular complexity index is 847. The summed E-state index contributed by atoms with van der Waals surface area (Å²) in [5, 5.41) is 9.65. The maximum absolute atomic E-state index is 12.8. The molecule has 3 rings (SSSR count). The van der Waals surface area contributed by atoms with Gasteiger partial charge in [-0.05, 0) is 36.6 Å². The fourth-order valence-corrected chi connectivity index (χ4v) is 3.33. The van der Waals surface area contributed by atoms with Crippen molar-refractivity contribution in [1.29, 1.82) is 0 Å². The van der Waals surface area contributed by atoms with Gasteiger partial charge in [-0.25, -0.2) is 4.79 Å². The van der Waals surface area contributed by atoms with Crippen molar-refractivity contribution in [3.63, 3.8) is 0 Å². The molecule has 0 bridgehead atoms. The van der Waals surface area contributed by atoms with Gasteiger partial charge in [0.2, 0.25) is 0 Å². The summed E-state index contributed by atoms with van der Waals surface area (Å²) in [4.78, 5) is 26.4. The fourth-order valence-electron chi connectivity index (χ4n) is 2.58. The molecule has 116 valence electrons. The minimum atomic E-state index is -1.12. The molecule has 2 aromatic carbocycles. The van der Waals surface area contributed by atoms with Crippen LogP contribution in [-0.2, 0) is 4.79 Å². The van der Waals surface area contributed by atoms with E-state index in [1.165, 1.54) is 16.7 Å². The van der Waals surface area contributed by atoms with E-state index in [9.17, 15) is 14.7 Å². The van der Waals surface area contributed by atoms with Gasteiger partial charge in [-0.2, -0.15) is 0 Å². The molecule has 1 heterocycles. The summed E-state index contributed by atoms with van der Waals surface area (Å²) in [7, 11) is 0. The van der Waals surface area contributed by atoms with Gasteiger partial charge < -0.3 is 5.11 Å². The lowest BCUT2D eigenvalue weighted by atomic mass is 10.1. The van der Waals surface area contributed by atoms with Gasteiger partial charge in [-0.15, -0.1) is 11.8 Å². The summed E-state index contributed by atoms with van der Waals surface area (Å²) in [6.07, 6.45) is 2.95. The number of thioether (sulfide) groups is 1. The molecule has 0 fully saturated rings. The highest BCUT2D eigenvalue weighted by atomic mass is 35.5. The first-order valence-electron chi connectivity index (χ1n) is 6.75. The average molecular weight is 346 g/mol. The molecule has 0 aromatic heterocycles. The predicted molar refractivity (Wildman–Crippen MR) is 92.1 cm³/mol. The summed E-state index contributed by atoms with van der Waals surface area (Å²) in [5.41, 5.74) is 1.95. The number of nitrogens with zero attached hydrogens (tertiary/aromatic N) is 1. The Morgan fingerprint density at radius 2 is 1.96 bits per heavy atom. The highest BCUT2D eigenvalue weighted by Gasteiger charge is 2.35. The van der Waals surface area contributed by atoms with Crippen LogP contribution in [0.1, 0.15) is 15.9 Å². The van der Waals surface area contributed by atoms with E-state index in [1.54, 1.807) is 24.3 Å². The first-order valence-corrected chi connectivity index (χ1v) is 8.35. The lowest BCUT2D eigenvalue weighted by Gasteiger charge is -2.20. The molecule has 23 heavy (non-hydrogen) atoms. The monoisotopic (exact) mass is 345 g/mol. The number of carbonyl (C=O) groups excluding carboxylic acids is 1. The van der Waals surface area contributed by atoms with Gasteiger partial charge in [0.1, 0.15) is 0 Å². The Kier molecular flexibility index (Phi) is 4.15. The van der Waals surface area contributed by atoms with Gasteiger partial charge in [-0.3, -0.25) is 9.69 Å². The summed E-state index contributed by atoms with van der Waals surface area (Å²) in [6.45, 7) is 0. The topological polar surface area (TPSA) is 57.6 Å². The molecule has 0 saturated heterocycles. The molecule has 6 heteroatoms. The van der Waals surface area contributed by atoms with E-state index < -0.39 is 5.97 Å². The number of anilines is 1. The lowest BCUT2D eigenvalue weighted by molar-refractivity contribution is -0.131. The Hall–Kier alpha value is -2.24. The number of amides is 1. The minimum absolute atomic E-state index is 0.259. The highest BCUT2D eigenvalue weighted by Crippen LogP contribution is 2.41. The number of benzene rings is 2. The molecule has 4 nitrogen and oxygen atoms in total. The smallest absolute Gasteiger partial charge is 0.330 e. The number of hydrogen-bond acceptors (Lipinski definition) is 3. The SMILES string of the molecule is CSc1ccccc1N1C(=O)c2ccc(Cl)cc2/C1=C\C(=O)O. The first kappa shape index (κ1) is 15.6. The van der Waals surface area contributed by atoms with Gasteiger partial charge in [0, 0.05) is 27.1 Å². The van der Waals surface area contributed by atoms with Crippen LogP contribution in [0.2, 0.25) is 5.02 Å². The second kappa shape index (κ2) is 6.10. The largest absolute Gasteiger partial charge is 0.478 e. The molecule has 2 aromatic rings. The number of carboxylic acids is 1. The maximum atomic E-state index is 12.8. The van der Waals surface area contributed by atoms with Gasteiger partial charge in [0.15, 0.2) is 0 Å². The van der Waals surface area contributed by atoms with Crippen LogP contribution in [0.25, 0.3) is 5.70 Å². The Labute approximate surface area is 142 Å². The van der Waals surface area contributed by atoms with Crippen molar-refractivity contribution in [1.82, 2.24) is 0 Å². The van der Waals surface area contributed by atoms with Crippen molar-refractivity contribution in [2.75, 3.05) is 11.2 Å². The standard InChI is InChI=1S/C17H12ClNO3S/c1-23-15-5-3-2-4-13(15)19-14(9-16(20)21)12-8-10(18)6-7-11(12)17(19)22/h2-9H,1H3,(H,20,21)/b14-9+. The lowest BCUT2D eigenvalue weighted by Crippen LogP contribution is -2.23. The zero-order valence-electron chi connectivity index (χ0n) is 12.1. The molecule has 1 aliphatic rings. The second-order valence-electron chi connectivity index (χ2n) is 4.87. The van der Waals surface area contributed by atoms with Crippen LogP contribution in [0, 0.1) is 0 Å². The summed E-state index contributed by atoms with van der Waals surface area (Å²) >= 11 is 7.51. The molecular formula is C17H12ClNO3S. The third-order valence-corrected chi connectivity index (χ3v) is 4.54. The van der Waals surface area contributed by atoms with Crippen LogP contribution < -0.4 is 4.90 Å². The number of halogens is 1. The van der Waals surface area contributed by atoms with Gasteiger partial charge in [-0.1, -0.05) is 23.7 Å². The number of fused-ring (bicyclic) bond motifs is 1.